The molecule has 0 aliphatic heterocycles. The zero-order valence-electron chi connectivity index (χ0n) is 9.71. The van der Waals surface area contributed by atoms with Crippen LogP contribution in [0, 0.1) is 0 Å². The minimum absolute atomic E-state index is 0.135. The van der Waals surface area contributed by atoms with Crippen LogP contribution in [0.25, 0.3) is 0 Å². The molecule has 0 bridgehead atoms. The second-order valence-electron chi connectivity index (χ2n) is 3.29. The average Bonchev–Trinajstić information content (AvgIpc) is 2.29. The number of ether oxygens (including phenoxy) is 3. The Balaban J connectivity index is 2.37. The second-order valence-corrected chi connectivity index (χ2v) is 3.29. The Morgan fingerprint density at radius 2 is 1.82 bits per heavy atom. The van der Waals surface area contributed by atoms with Gasteiger partial charge in [-0.3, -0.25) is 4.79 Å². The SMILES string of the molecule is COC(=O)OC(C)OC(=O)Cc1ccccc1. The summed E-state index contributed by atoms with van der Waals surface area (Å²) in [4.78, 5) is 22.2. The quantitative estimate of drug-likeness (QED) is 0.592. The number of benzene rings is 1. The van der Waals surface area contributed by atoms with Gasteiger partial charge in [0.1, 0.15) is 0 Å². The van der Waals surface area contributed by atoms with E-state index in [1.54, 1.807) is 0 Å². The summed E-state index contributed by atoms with van der Waals surface area (Å²) in [6, 6.07) is 9.14. The van der Waals surface area contributed by atoms with Crippen molar-refractivity contribution in [1.29, 1.82) is 0 Å². The molecule has 0 aliphatic rings. The van der Waals surface area contributed by atoms with Crippen molar-refractivity contribution in [2.24, 2.45) is 0 Å². The molecular weight excluding hydrogens is 224 g/mol. The van der Waals surface area contributed by atoms with Gasteiger partial charge < -0.3 is 14.2 Å². The van der Waals surface area contributed by atoms with Gasteiger partial charge in [-0.15, -0.1) is 0 Å². The van der Waals surface area contributed by atoms with Gasteiger partial charge in [-0.25, -0.2) is 4.79 Å². The van der Waals surface area contributed by atoms with E-state index in [-0.39, 0.29) is 6.42 Å². The standard InChI is InChI=1S/C12H14O5/c1-9(17-12(14)15-2)16-11(13)8-10-6-4-3-5-7-10/h3-7,9H,8H2,1-2H3. The molecular formula is C12H14O5. The van der Waals surface area contributed by atoms with E-state index in [1.807, 2.05) is 30.3 Å². The van der Waals surface area contributed by atoms with Crippen LogP contribution in [0.2, 0.25) is 0 Å². The Bertz CT molecular complexity index is 374. The van der Waals surface area contributed by atoms with E-state index >= 15 is 0 Å². The summed E-state index contributed by atoms with van der Waals surface area (Å²) in [6.45, 7) is 1.44. The number of methoxy groups -OCH3 is 1. The Hall–Kier alpha value is -2.04. The maximum absolute atomic E-state index is 11.4. The second kappa shape index (κ2) is 6.52. The van der Waals surface area contributed by atoms with Gasteiger partial charge in [0.2, 0.25) is 6.29 Å². The highest BCUT2D eigenvalue weighted by Crippen LogP contribution is 2.03. The molecule has 1 atom stereocenters. The molecule has 0 fully saturated rings. The molecule has 0 amide bonds. The lowest BCUT2D eigenvalue weighted by Crippen LogP contribution is -2.22. The van der Waals surface area contributed by atoms with Crippen LogP contribution < -0.4 is 0 Å². The molecule has 1 aromatic carbocycles. The van der Waals surface area contributed by atoms with Crippen LogP contribution in [0.5, 0.6) is 0 Å². The van der Waals surface area contributed by atoms with Crippen LogP contribution in [0.1, 0.15) is 12.5 Å². The van der Waals surface area contributed by atoms with Crippen molar-refractivity contribution in [3.05, 3.63) is 35.9 Å². The van der Waals surface area contributed by atoms with Gasteiger partial charge in [-0.1, -0.05) is 30.3 Å². The topological polar surface area (TPSA) is 61.8 Å². The molecule has 0 N–H and O–H groups in total. The average molecular weight is 238 g/mol. The minimum atomic E-state index is -0.960. The monoisotopic (exact) mass is 238 g/mol. The van der Waals surface area contributed by atoms with Crippen LogP contribution >= 0.6 is 0 Å². The Labute approximate surface area is 99.3 Å². The first-order valence-corrected chi connectivity index (χ1v) is 5.10. The number of esters is 1. The summed E-state index contributed by atoms with van der Waals surface area (Å²) < 4.78 is 13.7. The fraction of sp³-hybridized carbons (Fsp3) is 0.333. The molecule has 92 valence electrons. The van der Waals surface area contributed by atoms with Crippen molar-refractivity contribution in [3.63, 3.8) is 0 Å². The normalized spacial score (nSPS) is 11.4. The molecule has 1 unspecified atom stereocenters. The summed E-state index contributed by atoms with van der Waals surface area (Å²) in [5, 5.41) is 0. The Morgan fingerprint density at radius 3 is 2.41 bits per heavy atom. The summed E-state index contributed by atoms with van der Waals surface area (Å²) in [6.07, 6.45) is -1.71. The summed E-state index contributed by atoms with van der Waals surface area (Å²) in [5.74, 6) is -0.465. The molecule has 0 heterocycles. The van der Waals surface area contributed by atoms with Crippen LogP contribution in [0.3, 0.4) is 0 Å². The van der Waals surface area contributed by atoms with Gasteiger partial charge in [0.15, 0.2) is 0 Å². The first-order chi connectivity index (χ1) is 8.11. The first kappa shape index (κ1) is 13.0. The third-order valence-corrected chi connectivity index (χ3v) is 1.92. The predicted octanol–water partition coefficient (Wildman–Crippen LogP) is 1.90. The van der Waals surface area contributed by atoms with Gasteiger partial charge >= 0.3 is 12.1 Å². The molecule has 0 aliphatic carbocycles. The highest BCUT2D eigenvalue weighted by atomic mass is 16.8. The maximum atomic E-state index is 11.4. The molecule has 5 heteroatoms. The van der Waals surface area contributed by atoms with Crippen LogP contribution in [-0.2, 0) is 25.4 Å². The zero-order chi connectivity index (χ0) is 12.7. The molecule has 1 aromatic rings. The van der Waals surface area contributed by atoms with Crippen molar-refractivity contribution >= 4 is 12.1 Å². The van der Waals surface area contributed by atoms with Crippen molar-refractivity contribution in [2.45, 2.75) is 19.6 Å². The van der Waals surface area contributed by atoms with E-state index in [4.69, 9.17) is 4.74 Å². The third-order valence-electron chi connectivity index (χ3n) is 1.92. The van der Waals surface area contributed by atoms with Gasteiger partial charge in [0.25, 0.3) is 0 Å². The summed E-state index contributed by atoms with van der Waals surface area (Å²) in [5.41, 5.74) is 0.836. The number of carbonyl (C=O) groups excluding carboxylic acids is 2. The highest BCUT2D eigenvalue weighted by molar-refractivity contribution is 5.72. The largest absolute Gasteiger partial charge is 0.511 e. The van der Waals surface area contributed by atoms with E-state index in [2.05, 4.69) is 9.47 Å². The van der Waals surface area contributed by atoms with Crippen LogP contribution in [0.15, 0.2) is 30.3 Å². The van der Waals surface area contributed by atoms with E-state index in [0.29, 0.717) is 0 Å². The zero-order valence-corrected chi connectivity index (χ0v) is 9.71. The van der Waals surface area contributed by atoms with E-state index in [0.717, 1.165) is 5.56 Å². The van der Waals surface area contributed by atoms with Crippen molar-refractivity contribution in [3.8, 4) is 0 Å². The minimum Gasteiger partial charge on any atom is -0.438 e. The molecule has 0 spiro atoms. The van der Waals surface area contributed by atoms with Crippen LogP contribution in [-0.4, -0.2) is 25.5 Å². The number of hydrogen-bond donors (Lipinski definition) is 0. The van der Waals surface area contributed by atoms with Gasteiger partial charge in [-0.2, -0.15) is 0 Å². The molecule has 17 heavy (non-hydrogen) atoms. The molecule has 0 aromatic heterocycles. The molecule has 0 radical (unpaired) electrons. The van der Waals surface area contributed by atoms with Crippen LogP contribution in [0.4, 0.5) is 4.79 Å². The maximum Gasteiger partial charge on any atom is 0.511 e. The lowest BCUT2D eigenvalue weighted by Gasteiger charge is -2.12. The third kappa shape index (κ3) is 5.01. The van der Waals surface area contributed by atoms with E-state index in [1.165, 1.54) is 14.0 Å². The summed E-state index contributed by atoms with van der Waals surface area (Å²) >= 11 is 0. The smallest absolute Gasteiger partial charge is 0.438 e. The van der Waals surface area contributed by atoms with Gasteiger partial charge in [-0.05, 0) is 5.56 Å². The van der Waals surface area contributed by atoms with Crippen molar-refractivity contribution in [2.75, 3.05) is 7.11 Å². The first-order valence-electron chi connectivity index (χ1n) is 5.10. The number of hydrogen-bond acceptors (Lipinski definition) is 5. The number of rotatable bonds is 4. The van der Waals surface area contributed by atoms with Crippen molar-refractivity contribution < 1.29 is 23.8 Å². The van der Waals surface area contributed by atoms with Gasteiger partial charge in [0.05, 0.1) is 13.5 Å². The number of carbonyl (C=O) groups is 2. The fourth-order valence-electron chi connectivity index (χ4n) is 1.20. The molecule has 5 nitrogen and oxygen atoms in total. The summed E-state index contributed by atoms with van der Waals surface area (Å²) in [7, 11) is 1.18. The molecule has 1 rings (SSSR count). The highest BCUT2D eigenvalue weighted by Gasteiger charge is 2.14. The van der Waals surface area contributed by atoms with Crippen molar-refractivity contribution in [1.82, 2.24) is 0 Å². The van der Waals surface area contributed by atoms with E-state index < -0.39 is 18.4 Å². The lowest BCUT2D eigenvalue weighted by atomic mass is 10.2. The molecule has 0 saturated carbocycles. The fourth-order valence-corrected chi connectivity index (χ4v) is 1.20. The predicted molar refractivity (Wildman–Crippen MR) is 59.2 cm³/mol. The van der Waals surface area contributed by atoms with Gasteiger partial charge in [0, 0.05) is 6.92 Å². The van der Waals surface area contributed by atoms with E-state index in [9.17, 15) is 9.59 Å². The molecule has 0 saturated heterocycles. The Kier molecular flexibility index (Phi) is 5.00. The lowest BCUT2D eigenvalue weighted by molar-refractivity contribution is -0.166. The Morgan fingerprint density at radius 1 is 1.18 bits per heavy atom.